The van der Waals surface area contributed by atoms with Crippen molar-refractivity contribution in [3.63, 3.8) is 0 Å². The number of piperidine rings is 1. The SMILES string of the molecule is CC(C)(C)OC(=O)N1CCC2(CC1)COc1c2ccc2c1COC2=O. The zero-order chi connectivity index (χ0) is 17.8. The van der Waals surface area contributed by atoms with Crippen molar-refractivity contribution in [1.29, 1.82) is 0 Å². The zero-order valence-electron chi connectivity index (χ0n) is 14.9. The van der Waals surface area contributed by atoms with Gasteiger partial charge in [-0.05, 0) is 39.7 Å². The van der Waals surface area contributed by atoms with E-state index in [-0.39, 0.29) is 24.1 Å². The number of cyclic esters (lactones) is 1. The van der Waals surface area contributed by atoms with Crippen molar-refractivity contribution in [2.24, 2.45) is 0 Å². The average Bonchev–Trinajstić information content (AvgIpc) is 3.09. The number of carbonyl (C=O) groups excluding carboxylic acids is 2. The van der Waals surface area contributed by atoms with E-state index >= 15 is 0 Å². The van der Waals surface area contributed by atoms with Crippen LogP contribution in [0.4, 0.5) is 4.79 Å². The van der Waals surface area contributed by atoms with Gasteiger partial charge in [0.1, 0.15) is 18.0 Å². The van der Waals surface area contributed by atoms with Crippen LogP contribution in [0.3, 0.4) is 0 Å². The summed E-state index contributed by atoms with van der Waals surface area (Å²) in [7, 11) is 0. The minimum Gasteiger partial charge on any atom is -0.492 e. The first-order chi connectivity index (χ1) is 11.8. The number of hydrogen-bond acceptors (Lipinski definition) is 5. The van der Waals surface area contributed by atoms with E-state index in [9.17, 15) is 9.59 Å². The Kier molecular flexibility index (Phi) is 3.49. The molecule has 6 heteroatoms. The Labute approximate surface area is 147 Å². The maximum absolute atomic E-state index is 12.3. The lowest BCUT2D eigenvalue weighted by Crippen LogP contribution is -2.47. The molecule has 0 aliphatic carbocycles. The van der Waals surface area contributed by atoms with Crippen LogP contribution in [-0.4, -0.2) is 42.3 Å². The van der Waals surface area contributed by atoms with Crippen molar-refractivity contribution in [3.05, 3.63) is 28.8 Å². The third kappa shape index (κ3) is 2.64. The number of nitrogens with zero attached hydrogens (tertiary/aromatic N) is 1. The lowest BCUT2D eigenvalue weighted by Gasteiger charge is -2.38. The van der Waals surface area contributed by atoms with Crippen LogP contribution in [0.25, 0.3) is 0 Å². The molecule has 3 aliphatic rings. The van der Waals surface area contributed by atoms with Crippen LogP contribution in [0.2, 0.25) is 0 Å². The van der Waals surface area contributed by atoms with Gasteiger partial charge in [-0.1, -0.05) is 6.07 Å². The third-order valence-corrected chi connectivity index (χ3v) is 5.26. The molecular weight excluding hydrogens is 322 g/mol. The first-order valence-corrected chi connectivity index (χ1v) is 8.73. The van der Waals surface area contributed by atoms with Gasteiger partial charge in [0.15, 0.2) is 0 Å². The van der Waals surface area contributed by atoms with Gasteiger partial charge in [0.2, 0.25) is 0 Å². The van der Waals surface area contributed by atoms with Gasteiger partial charge in [-0.2, -0.15) is 0 Å². The second-order valence-corrected chi connectivity index (χ2v) is 8.08. The fourth-order valence-electron chi connectivity index (χ4n) is 3.91. The number of rotatable bonds is 0. The minimum atomic E-state index is -0.484. The van der Waals surface area contributed by atoms with Gasteiger partial charge in [-0.25, -0.2) is 9.59 Å². The molecular formula is C19H23NO5. The molecule has 25 heavy (non-hydrogen) atoms. The molecule has 1 aromatic carbocycles. The highest BCUT2D eigenvalue weighted by molar-refractivity contribution is 5.94. The number of fused-ring (bicyclic) bond motifs is 4. The highest BCUT2D eigenvalue weighted by Gasteiger charge is 2.46. The molecule has 0 N–H and O–H groups in total. The Morgan fingerprint density at radius 1 is 1.20 bits per heavy atom. The lowest BCUT2D eigenvalue weighted by molar-refractivity contribution is 0.0152. The number of amides is 1. The number of ether oxygens (including phenoxy) is 3. The first kappa shape index (κ1) is 16.2. The van der Waals surface area contributed by atoms with Crippen molar-refractivity contribution in [2.75, 3.05) is 19.7 Å². The molecule has 4 rings (SSSR count). The van der Waals surface area contributed by atoms with Gasteiger partial charge in [0, 0.05) is 29.6 Å². The molecule has 0 atom stereocenters. The van der Waals surface area contributed by atoms with Crippen LogP contribution in [0, 0.1) is 0 Å². The van der Waals surface area contributed by atoms with Crippen molar-refractivity contribution in [1.82, 2.24) is 4.90 Å². The summed E-state index contributed by atoms with van der Waals surface area (Å²) in [6, 6.07) is 3.84. The van der Waals surface area contributed by atoms with Crippen molar-refractivity contribution in [3.8, 4) is 5.75 Å². The molecule has 6 nitrogen and oxygen atoms in total. The summed E-state index contributed by atoms with van der Waals surface area (Å²) >= 11 is 0. The molecule has 0 radical (unpaired) electrons. The molecule has 0 aromatic heterocycles. The van der Waals surface area contributed by atoms with Crippen LogP contribution >= 0.6 is 0 Å². The molecule has 1 spiro atoms. The van der Waals surface area contributed by atoms with E-state index in [1.54, 1.807) is 4.90 Å². The van der Waals surface area contributed by atoms with E-state index in [4.69, 9.17) is 14.2 Å². The molecule has 0 saturated carbocycles. The van der Waals surface area contributed by atoms with Crippen LogP contribution < -0.4 is 4.74 Å². The number of hydrogen-bond donors (Lipinski definition) is 0. The maximum Gasteiger partial charge on any atom is 0.410 e. The molecule has 0 unspecified atom stereocenters. The van der Waals surface area contributed by atoms with Gasteiger partial charge in [0.25, 0.3) is 0 Å². The van der Waals surface area contributed by atoms with Crippen LogP contribution in [0.5, 0.6) is 5.75 Å². The molecule has 3 aliphatic heterocycles. The van der Waals surface area contributed by atoms with Crippen molar-refractivity contribution >= 4 is 12.1 Å². The van der Waals surface area contributed by atoms with Gasteiger partial charge in [-0.15, -0.1) is 0 Å². The molecule has 1 aromatic rings. The summed E-state index contributed by atoms with van der Waals surface area (Å²) in [6.45, 7) is 7.80. The molecule has 0 bridgehead atoms. The summed E-state index contributed by atoms with van der Waals surface area (Å²) in [5.74, 6) is 0.538. The lowest BCUT2D eigenvalue weighted by atomic mass is 9.74. The van der Waals surface area contributed by atoms with Crippen LogP contribution in [0.15, 0.2) is 12.1 Å². The Morgan fingerprint density at radius 2 is 1.92 bits per heavy atom. The van der Waals surface area contributed by atoms with Crippen LogP contribution in [0.1, 0.15) is 55.1 Å². The highest BCUT2D eigenvalue weighted by Crippen LogP contribution is 2.49. The largest absolute Gasteiger partial charge is 0.492 e. The fourth-order valence-corrected chi connectivity index (χ4v) is 3.91. The first-order valence-electron chi connectivity index (χ1n) is 8.73. The molecule has 1 saturated heterocycles. The molecule has 134 valence electrons. The summed E-state index contributed by atoms with van der Waals surface area (Å²) in [5.41, 5.74) is 2.06. The quantitative estimate of drug-likeness (QED) is 0.676. The predicted octanol–water partition coefficient (Wildman–Crippen LogP) is 3.02. The average molecular weight is 345 g/mol. The molecule has 1 fully saturated rings. The van der Waals surface area contributed by atoms with Crippen molar-refractivity contribution in [2.45, 2.75) is 51.2 Å². The summed E-state index contributed by atoms with van der Waals surface area (Å²) < 4.78 is 16.6. The van der Waals surface area contributed by atoms with E-state index in [2.05, 4.69) is 0 Å². The molecule has 3 heterocycles. The van der Waals surface area contributed by atoms with Gasteiger partial charge >= 0.3 is 12.1 Å². The minimum absolute atomic E-state index is 0.0888. The topological polar surface area (TPSA) is 65.1 Å². The second kappa shape index (κ2) is 5.38. The zero-order valence-corrected chi connectivity index (χ0v) is 14.9. The maximum atomic E-state index is 12.3. The van der Waals surface area contributed by atoms with E-state index in [0.29, 0.717) is 25.3 Å². The van der Waals surface area contributed by atoms with Crippen LogP contribution in [-0.2, 0) is 21.5 Å². The monoisotopic (exact) mass is 345 g/mol. The Hall–Kier alpha value is -2.24. The van der Waals surface area contributed by atoms with Gasteiger partial charge in [-0.3, -0.25) is 0 Å². The summed E-state index contributed by atoms with van der Waals surface area (Å²) in [6.07, 6.45) is 1.40. The van der Waals surface area contributed by atoms with Crippen molar-refractivity contribution < 1.29 is 23.8 Å². The summed E-state index contributed by atoms with van der Waals surface area (Å²) in [4.78, 5) is 25.8. The Bertz CT molecular complexity index is 741. The Balaban J connectivity index is 1.52. The number of carbonyl (C=O) groups is 2. The number of benzene rings is 1. The smallest absolute Gasteiger partial charge is 0.410 e. The highest BCUT2D eigenvalue weighted by atomic mass is 16.6. The van der Waals surface area contributed by atoms with Gasteiger partial charge < -0.3 is 19.1 Å². The normalized spacial score (nSPS) is 20.8. The molecule has 1 amide bonds. The Morgan fingerprint density at radius 3 is 2.60 bits per heavy atom. The third-order valence-electron chi connectivity index (χ3n) is 5.26. The number of likely N-dealkylation sites (tertiary alicyclic amines) is 1. The van der Waals surface area contributed by atoms with Gasteiger partial charge in [0.05, 0.1) is 12.2 Å². The standard InChI is InChI=1S/C19H23NO5/c1-18(2,3)25-17(22)20-8-6-19(7-9-20)11-24-15-13-10-23-16(21)12(13)4-5-14(15)19/h4-5H,6-11H2,1-3H3. The fraction of sp³-hybridized carbons (Fsp3) is 0.579. The summed E-state index contributed by atoms with van der Waals surface area (Å²) in [5, 5.41) is 0. The van der Waals surface area contributed by atoms with E-state index in [0.717, 1.165) is 29.7 Å². The predicted molar refractivity (Wildman–Crippen MR) is 89.8 cm³/mol. The van der Waals surface area contributed by atoms with E-state index < -0.39 is 5.60 Å². The number of esters is 1. The van der Waals surface area contributed by atoms with E-state index in [1.807, 2.05) is 32.9 Å². The van der Waals surface area contributed by atoms with E-state index in [1.165, 1.54) is 0 Å². The second-order valence-electron chi connectivity index (χ2n) is 8.08.